The van der Waals surface area contributed by atoms with Crippen molar-refractivity contribution in [1.29, 1.82) is 0 Å². The number of nitrogens with two attached hydrogens (primary N) is 2. The fourth-order valence-corrected chi connectivity index (χ4v) is 2.20. The summed E-state index contributed by atoms with van der Waals surface area (Å²) in [6.45, 7) is 2.00. The maximum atomic E-state index is 5.46. The van der Waals surface area contributed by atoms with Gasteiger partial charge in [0.25, 0.3) is 0 Å². The van der Waals surface area contributed by atoms with Gasteiger partial charge in [0, 0.05) is 6.04 Å². The number of hydrogen-bond donors (Lipinski definition) is 3. The Bertz CT molecular complexity index is 133. The van der Waals surface area contributed by atoms with Crippen molar-refractivity contribution in [1.82, 2.24) is 5.09 Å². The molecule has 1 atom stereocenters. The summed E-state index contributed by atoms with van der Waals surface area (Å²) in [6, 6.07) is 0.353. The number of nitrogens with one attached hydrogen (secondary N) is 1. The molecule has 0 fully saturated rings. The smallest absolute Gasteiger partial charge is 0.132 e. The lowest BCUT2D eigenvalue weighted by Crippen LogP contribution is -2.29. The van der Waals surface area contributed by atoms with Crippen LogP contribution in [0.2, 0.25) is 0 Å². The van der Waals surface area contributed by atoms with Crippen molar-refractivity contribution in [2.75, 3.05) is 0 Å². The largest absolute Gasteiger partial charge is 0.280 e. The van der Waals surface area contributed by atoms with Crippen LogP contribution in [0.5, 0.6) is 0 Å². The molecule has 0 bridgehead atoms. The van der Waals surface area contributed by atoms with Gasteiger partial charge in [-0.2, -0.15) is 0 Å². The van der Waals surface area contributed by atoms with Crippen molar-refractivity contribution >= 4 is 18.3 Å². The molecule has 0 aliphatic heterocycles. The van der Waals surface area contributed by atoms with Crippen molar-refractivity contribution in [3.63, 3.8) is 0 Å². The van der Waals surface area contributed by atoms with Crippen LogP contribution in [0.25, 0.3) is 0 Å². The third kappa shape index (κ3) is 6.65. The molecule has 1 unspecified atom stereocenters. The molecule has 62 valence electrons. The minimum absolute atomic E-state index is 0.353. The van der Waals surface area contributed by atoms with Crippen LogP contribution >= 0.6 is 6.49 Å². The lowest BCUT2D eigenvalue weighted by molar-refractivity contribution is 0.610. The molecule has 0 rings (SSSR count). The molecule has 0 amide bonds. The second-order valence-electron chi connectivity index (χ2n) is 2.53. The van der Waals surface area contributed by atoms with E-state index in [1.807, 2.05) is 6.92 Å². The molecule has 0 aliphatic carbocycles. The highest BCUT2D eigenvalue weighted by atomic mass is 32.4. The molecule has 0 spiro atoms. The minimum Gasteiger partial charge on any atom is -0.280 e. The zero-order chi connectivity index (χ0) is 8.20. The fourth-order valence-electron chi connectivity index (χ4n) is 0.842. The first-order chi connectivity index (χ1) is 4.45. The predicted molar refractivity (Wildman–Crippen MR) is 50.2 cm³/mol. The summed E-state index contributed by atoms with van der Waals surface area (Å²) in [5.74, 6) is 0. The molecule has 0 saturated carbocycles. The third-order valence-corrected chi connectivity index (χ3v) is 2.30. The van der Waals surface area contributed by atoms with Crippen LogP contribution in [0.1, 0.15) is 26.7 Å². The van der Waals surface area contributed by atoms with Gasteiger partial charge in [-0.05, 0) is 25.2 Å². The average Bonchev–Trinajstić information content (AvgIpc) is 1.59. The summed E-state index contributed by atoms with van der Waals surface area (Å²) < 4.78 is 0. The lowest BCUT2D eigenvalue weighted by atomic mass is 10.2. The van der Waals surface area contributed by atoms with Gasteiger partial charge in [0.1, 0.15) is 6.49 Å². The van der Waals surface area contributed by atoms with Gasteiger partial charge in [0.2, 0.25) is 0 Å². The first kappa shape index (κ1) is 10.5. The van der Waals surface area contributed by atoms with Crippen molar-refractivity contribution < 1.29 is 0 Å². The zero-order valence-electron chi connectivity index (χ0n) is 6.50. The van der Waals surface area contributed by atoms with Gasteiger partial charge in [-0.15, -0.1) is 0 Å². The fraction of sp³-hybridized carbons (Fsp3) is 1.00. The summed E-state index contributed by atoms with van der Waals surface area (Å²) in [7, 11) is 0. The summed E-state index contributed by atoms with van der Waals surface area (Å²) in [5.41, 5.74) is 10.9. The summed E-state index contributed by atoms with van der Waals surface area (Å²) in [5, 5.41) is 3.00. The average molecular weight is 181 g/mol. The third-order valence-electron chi connectivity index (χ3n) is 1.14. The highest BCUT2D eigenvalue weighted by molar-refractivity contribution is 8.11. The number of rotatable bonds is 4. The zero-order valence-corrected chi connectivity index (χ0v) is 8.21. The van der Waals surface area contributed by atoms with Gasteiger partial charge in [-0.1, -0.05) is 13.3 Å². The Morgan fingerprint density at radius 2 is 2.10 bits per heavy atom. The Labute approximate surface area is 67.7 Å². The molecule has 0 radical (unpaired) electrons. The molecular weight excluding hydrogens is 165 g/mol. The van der Waals surface area contributed by atoms with E-state index in [9.17, 15) is 0 Å². The Hall–Kier alpha value is 0.530. The van der Waals surface area contributed by atoms with Crippen molar-refractivity contribution in [2.24, 2.45) is 11.0 Å². The lowest BCUT2D eigenvalue weighted by Gasteiger charge is -2.18. The molecule has 0 aromatic heterocycles. The molecule has 0 aromatic carbocycles. The van der Waals surface area contributed by atoms with Crippen LogP contribution in [0.3, 0.4) is 0 Å². The molecule has 3 nitrogen and oxygen atoms in total. The Morgan fingerprint density at radius 1 is 1.60 bits per heavy atom. The van der Waals surface area contributed by atoms with E-state index in [0.717, 1.165) is 12.8 Å². The first-order valence-electron chi connectivity index (χ1n) is 3.40. The summed E-state index contributed by atoms with van der Waals surface area (Å²) in [6.07, 6.45) is 2.20. The van der Waals surface area contributed by atoms with Gasteiger partial charge in [0.15, 0.2) is 0 Å². The van der Waals surface area contributed by atoms with Crippen LogP contribution in [-0.4, -0.2) is 6.04 Å². The second-order valence-corrected chi connectivity index (χ2v) is 6.02. The van der Waals surface area contributed by atoms with Gasteiger partial charge < -0.3 is 0 Å². The maximum Gasteiger partial charge on any atom is 0.132 e. The molecule has 0 aromatic rings. The maximum absolute atomic E-state index is 5.46. The van der Waals surface area contributed by atoms with E-state index >= 15 is 0 Å². The van der Waals surface area contributed by atoms with E-state index in [1.165, 1.54) is 0 Å². The molecule has 0 saturated heterocycles. The highest BCUT2D eigenvalue weighted by Crippen LogP contribution is 2.20. The Balaban J connectivity index is 3.58. The van der Waals surface area contributed by atoms with E-state index in [0.29, 0.717) is 6.04 Å². The monoisotopic (exact) mass is 181 g/mol. The highest BCUT2D eigenvalue weighted by Gasteiger charge is 2.06. The topological polar surface area (TPSA) is 64.1 Å². The molecule has 5 N–H and O–H groups in total. The normalized spacial score (nSPS) is 15.2. The SMILES string of the molecule is CCCC(C)NP(N)(N)=S. The van der Waals surface area contributed by atoms with Crippen LogP contribution in [0, 0.1) is 0 Å². The molecular formula is C5H16N3PS. The van der Waals surface area contributed by atoms with E-state index in [2.05, 4.69) is 12.0 Å². The van der Waals surface area contributed by atoms with Crippen LogP contribution in [-0.2, 0) is 11.8 Å². The quantitative estimate of drug-likeness (QED) is 0.564. The van der Waals surface area contributed by atoms with Gasteiger partial charge in [-0.3, -0.25) is 16.1 Å². The molecule has 0 heterocycles. The van der Waals surface area contributed by atoms with E-state index in [1.54, 1.807) is 0 Å². The Morgan fingerprint density at radius 3 is 2.40 bits per heavy atom. The van der Waals surface area contributed by atoms with Gasteiger partial charge in [0.05, 0.1) is 0 Å². The predicted octanol–water partition coefficient (Wildman–Crippen LogP) is 0.907. The van der Waals surface area contributed by atoms with E-state index in [4.69, 9.17) is 22.8 Å². The van der Waals surface area contributed by atoms with E-state index < -0.39 is 6.49 Å². The van der Waals surface area contributed by atoms with Crippen molar-refractivity contribution in [3.05, 3.63) is 0 Å². The van der Waals surface area contributed by atoms with Crippen molar-refractivity contribution in [3.8, 4) is 0 Å². The van der Waals surface area contributed by atoms with Crippen LogP contribution in [0.15, 0.2) is 0 Å². The number of hydrogen-bond acceptors (Lipinski definition) is 1. The first-order valence-corrected chi connectivity index (χ1v) is 6.34. The minimum atomic E-state index is -2.17. The van der Waals surface area contributed by atoms with Crippen LogP contribution < -0.4 is 16.1 Å². The van der Waals surface area contributed by atoms with E-state index in [-0.39, 0.29) is 0 Å². The van der Waals surface area contributed by atoms with Gasteiger partial charge >= 0.3 is 0 Å². The van der Waals surface area contributed by atoms with Crippen LogP contribution in [0.4, 0.5) is 0 Å². The molecule has 5 heteroatoms. The second kappa shape index (κ2) is 4.42. The molecule has 10 heavy (non-hydrogen) atoms. The summed E-state index contributed by atoms with van der Waals surface area (Å²) >= 11 is 4.83. The van der Waals surface area contributed by atoms with Crippen molar-refractivity contribution in [2.45, 2.75) is 32.7 Å². The standard InChI is InChI=1S/C5H16N3PS/c1-3-4-5(2)8-9(6,7)10/h5H,3-4H2,1-2H3,(H5,6,7,8,10). The van der Waals surface area contributed by atoms with Gasteiger partial charge in [-0.25, -0.2) is 0 Å². The molecule has 0 aliphatic rings. The Kier molecular flexibility index (Phi) is 4.65. The summed E-state index contributed by atoms with van der Waals surface area (Å²) in [4.78, 5) is 0.